The van der Waals surface area contributed by atoms with Crippen molar-refractivity contribution >= 4 is 51.2 Å². The molecule has 0 spiro atoms. The fourth-order valence-corrected chi connectivity index (χ4v) is 5.67. The zero-order valence-corrected chi connectivity index (χ0v) is 24.1. The van der Waals surface area contributed by atoms with Gasteiger partial charge in [-0.15, -0.1) is 0 Å². The van der Waals surface area contributed by atoms with Crippen LogP contribution < -0.4 is 5.32 Å². The van der Waals surface area contributed by atoms with Gasteiger partial charge in [0.15, 0.2) is 0 Å². The van der Waals surface area contributed by atoms with Crippen LogP contribution in [-0.2, 0) is 0 Å². The molecule has 4 nitrogen and oxygen atoms in total. The number of aliphatic imine (C=N–C) groups is 1. The predicted octanol–water partition coefficient (Wildman–Crippen LogP) is 10.3. The highest BCUT2D eigenvalue weighted by Gasteiger charge is 2.16. The summed E-state index contributed by atoms with van der Waals surface area (Å²) in [6.07, 6.45) is 4.87. The Morgan fingerprint density at radius 1 is 0.636 bits per heavy atom. The lowest BCUT2D eigenvalue weighted by atomic mass is 10.00. The van der Waals surface area contributed by atoms with Crippen LogP contribution in [0.2, 0.25) is 0 Å². The van der Waals surface area contributed by atoms with Gasteiger partial charge < -0.3 is 15.3 Å². The molecule has 0 atom stereocenters. The number of rotatable bonds is 8. The number of nitrogens with zero attached hydrogens (tertiary/aromatic N) is 2. The first-order valence-corrected chi connectivity index (χ1v) is 14.6. The molecule has 1 heterocycles. The lowest BCUT2D eigenvalue weighted by molar-refractivity contribution is 1.18. The van der Waals surface area contributed by atoms with E-state index in [0.717, 1.165) is 50.4 Å². The molecule has 0 fully saturated rings. The smallest absolute Gasteiger partial charge is 0.0562 e. The SMILES string of the molecule is N=C/C(=C\N=Cc1ccccc1)c1ccc(Nc2cc3c(cc2-c2ccccc2)c2ccccc2n3-c2ccccc2)cc1. The van der Waals surface area contributed by atoms with Crippen LogP contribution in [0.5, 0.6) is 0 Å². The summed E-state index contributed by atoms with van der Waals surface area (Å²) in [4.78, 5) is 4.45. The Hall–Kier alpha value is -6.00. The standard InChI is InChI=1S/C40H30N4/c41-26-32(28-42-27-29-12-4-1-5-13-29)30-20-22-33(23-21-30)43-38-25-40-37(24-36(38)31-14-6-2-7-15-31)35-18-10-11-19-39(35)44(40)34-16-8-3-9-17-34/h1-28,41,43H/b32-28+,41-26?,42-27?. The molecule has 0 saturated heterocycles. The van der Waals surface area contributed by atoms with Gasteiger partial charge in [-0.2, -0.15) is 0 Å². The molecule has 0 bridgehead atoms. The zero-order chi connectivity index (χ0) is 29.7. The molecule has 0 unspecified atom stereocenters. The minimum Gasteiger partial charge on any atom is -0.355 e. The first kappa shape index (κ1) is 26.9. The van der Waals surface area contributed by atoms with E-state index in [1.54, 1.807) is 12.4 Å². The first-order valence-electron chi connectivity index (χ1n) is 14.6. The highest BCUT2D eigenvalue weighted by atomic mass is 15.0. The average molecular weight is 567 g/mol. The second-order valence-corrected chi connectivity index (χ2v) is 10.6. The fraction of sp³-hybridized carbons (Fsp3) is 0. The molecule has 0 aliphatic carbocycles. The Morgan fingerprint density at radius 3 is 2.02 bits per heavy atom. The van der Waals surface area contributed by atoms with Crippen molar-refractivity contribution in [3.05, 3.63) is 169 Å². The van der Waals surface area contributed by atoms with Gasteiger partial charge in [-0.05, 0) is 59.2 Å². The summed E-state index contributed by atoms with van der Waals surface area (Å²) in [6, 6.07) is 52.3. The van der Waals surface area contributed by atoms with Crippen molar-refractivity contribution in [1.82, 2.24) is 4.57 Å². The second kappa shape index (κ2) is 12.1. The molecule has 4 heteroatoms. The molecule has 0 aliphatic heterocycles. The van der Waals surface area contributed by atoms with E-state index < -0.39 is 0 Å². The van der Waals surface area contributed by atoms with Crippen molar-refractivity contribution in [2.45, 2.75) is 0 Å². The summed E-state index contributed by atoms with van der Waals surface area (Å²) in [6.45, 7) is 0. The van der Waals surface area contributed by atoms with Crippen molar-refractivity contribution in [3.8, 4) is 16.8 Å². The number of benzene rings is 6. The summed E-state index contributed by atoms with van der Waals surface area (Å²) in [7, 11) is 0. The minimum atomic E-state index is 0.738. The highest BCUT2D eigenvalue weighted by Crippen LogP contribution is 2.40. The minimum absolute atomic E-state index is 0.738. The molecule has 0 saturated carbocycles. The number of hydrogen-bond donors (Lipinski definition) is 2. The normalized spacial score (nSPS) is 11.8. The van der Waals surface area contributed by atoms with E-state index in [2.05, 4.69) is 118 Å². The Bertz CT molecular complexity index is 2120. The molecule has 0 amide bonds. The Balaban J connectivity index is 1.30. The summed E-state index contributed by atoms with van der Waals surface area (Å²) in [5.41, 5.74) is 10.4. The zero-order valence-electron chi connectivity index (χ0n) is 24.1. The molecular formula is C40H30N4. The van der Waals surface area contributed by atoms with E-state index in [4.69, 9.17) is 5.41 Å². The Kier molecular flexibility index (Phi) is 7.38. The van der Waals surface area contributed by atoms with E-state index in [1.807, 2.05) is 48.5 Å². The lowest BCUT2D eigenvalue weighted by Crippen LogP contribution is -1.97. The third-order valence-electron chi connectivity index (χ3n) is 7.80. The fourth-order valence-electron chi connectivity index (χ4n) is 5.67. The maximum atomic E-state index is 7.97. The summed E-state index contributed by atoms with van der Waals surface area (Å²) in [5.74, 6) is 0. The number of para-hydroxylation sites is 2. The second-order valence-electron chi connectivity index (χ2n) is 10.6. The summed E-state index contributed by atoms with van der Waals surface area (Å²) >= 11 is 0. The molecule has 1 aromatic heterocycles. The van der Waals surface area contributed by atoms with Gasteiger partial charge in [-0.3, -0.25) is 4.99 Å². The van der Waals surface area contributed by atoms with Crippen LogP contribution in [0.25, 0.3) is 44.2 Å². The molecular weight excluding hydrogens is 536 g/mol. The summed E-state index contributed by atoms with van der Waals surface area (Å²) < 4.78 is 2.34. The molecule has 0 radical (unpaired) electrons. The molecule has 2 N–H and O–H groups in total. The van der Waals surface area contributed by atoms with Crippen LogP contribution in [0.4, 0.5) is 11.4 Å². The van der Waals surface area contributed by atoms with Gasteiger partial charge in [-0.1, -0.05) is 109 Å². The van der Waals surface area contributed by atoms with Gasteiger partial charge in [0.25, 0.3) is 0 Å². The predicted molar refractivity (Wildman–Crippen MR) is 187 cm³/mol. The molecule has 7 rings (SSSR count). The van der Waals surface area contributed by atoms with Crippen LogP contribution in [0.15, 0.2) is 163 Å². The Labute approximate surface area is 256 Å². The van der Waals surface area contributed by atoms with Crippen molar-refractivity contribution in [2.75, 3.05) is 5.32 Å². The van der Waals surface area contributed by atoms with Crippen molar-refractivity contribution in [3.63, 3.8) is 0 Å². The van der Waals surface area contributed by atoms with Crippen molar-refractivity contribution in [1.29, 1.82) is 5.41 Å². The molecule has 44 heavy (non-hydrogen) atoms. The van der Waals surface area contributed by atoms with Crippen LogP contribution >= 0.6 is 0 Å². The van der Waals surface area contributed by atoms with Crippen LogP contribution in [-0.4, -0.2) is 17.0 Å². The highest BCUT2D eigenvalue weighted by molar-refractivity contribution is 6.12. The van der Waals surface area contributed by atoms with E-state index in [-0.39, 0.29) is 0 Å². The van der Waals surface area contributed by atoms with Gasteiger partial charge >= 0.3 is 0 Å². The van der Waals surface area contributed by atoms with Crippen LogP contribution in [0.3, 0.4) is 0 Å². The third kappa shape index (κ3) is 5.33. The number of aromatic nitrogens is 1. The molecule has 6 aromatic carbocycles. The lowest BCUT2D eigenvalue weighted by Gasteiger charge is -2.15. The molecule has 0 aliphatic rings. The monoisotopic (exact) mass is 566 g/mol. The number of anilines is 2. The summed E-state index contributed by atoms with van der Waals surface area (Å²) in [5, 5.41) is 14.1. The van der Waals surface area contributed by atoms with Crippen LogP contribution in [0.1, 0.15) is 11.1 Å². The Morgan fingerprint density at radius 2 is 1.30 bits per heavy atom. The molecule has 210 valence electrons. The van der Waals surface area contributed by atoms with Gasteiger partial charge in [0.1, 0.15) is 0 Å². The maximum Gasteiger partial charge on any atom is 0.0562 e. The third-order valence-corrected chi connectivity index (χ3v) is 7.80. The molecule has 7 aromatic rings. The number of allylic oxidation sites excluding steroid dienone is 1. The van der Waals surface area contributed by atoms with E-state index in [9.17, 15) is 0 Å². The van der Waals surface area contributed by atoms with E-state index >= 15 is 0 Å². The van der Waals surface area contributed by atoms with Gasteiger partial charge in [-0.25, -0.2) is 0 Å². The van der Waals surface area contributed by atoms with Gasteiger partial charge in [0.2, 0.25) is 0 Å². The van der Waals surface area contributed by atoms with Crippen molar-refractivity contribution in [2.24, 2.45) is 4.99 Å². The van der Waals surface area contributed by atoms with Crippen LogP contribution in [0, 0.1) is 5.41 Å². The largest absolute Gasteiger partial charge is 0.355 e. The number of fused-ring (bicyclic) bond motifs is 3. The number of hydrogen-bond acceptors (Lipinski definition) is 3. The number of nitrogens with one attached hydrogen (secondary N) is 2. The topological polar surface area (TPSA) is 53.2 Å². The quantitative estimate of drug-likeness (QED) is 0.177. The maximum absolute atomic E-state index is 7.97. The van der Waals surface area contributed by atoms with Crippen molar-refractivity contribution < 1.29 is 0 Å². The van der Waals surface area contributed by atoms with Gasteiger partial charge in [0.05, 0.1) is 11.0 Å². The van der Waals surface area contributed by atoms with E-state index in [1.165, 1.54) is 22.5 Å². The van der Waals surface area contributed by atoms with Gasteiger partial charge in [0, 0.05) is 57.6 Å². The first-order chi connectivity index (χ1) is 21.8. The average Bonchev–Trinajstić information content (AvgIpc) is 3.41. The van der Waals surface area contributed by atoms with E-state index in [0.29, 0.717) is 0 Å².